The predicted octanol–water partition coefficient (Wildman–Crippen LogP) is 0.0275. The van der Waals surface area contributed by atoms with Gasteiger partial charge in [-0.05, 0) is 6.92 Å². The van der Waals surface area contributed by atoms with Crippen molar-refractivity contribution in [1.29, 1.82) is 5.53 Å². The molecule has 0 aromatic carbocycles. The predicted molar refractivity (Wildman–Crippen MR) is 39.9 cm³/mol. The Hall–Kier alpha value is -1.57. The number of hydrogen-bond donors (Lipinski definition) is 3. The van der Waals surface area contributed by atoms with Gasteiger partial charge in [-0.15, -0.1) is 0 Å². The fourth-order valence-corrected chi connectivity index (χ4v) is 0.577. The first-order chi connectivity index (χ1) is 5.61. The van der Waals surface area contributed by atoms with Gasteiger partial charge in [0, 0.05) is 0 Å². The highest BCUT2D eigenvalue weighted by molar-refractivity contribution is 5.73. The number of amides is 2. The van der Waals surface area contributed by atoms with Gasteiger partial charge in [0.2, 0.25) is 0 Å². The van der Waals surface area contributed by atoms with Crippen molar-refractivity contribution in [3.05, 3.63) is 0 Å². The van der Waals surface area contributed by atoms with Crippen LogP contribution < -0.4 is 11.7 Å². The van der Waals surface area contributed by atoms with Crippen LogP contribution >= 0.6 is 0 Å². The molecule has 0 saturated carbocycles. The van der Waals surface area contributed by atoms with Gasteiger partial charge in [-0.2, -0.15) is 10.6 Å². The van der Waals surface area contributed by atoms with E-state index >= 15 is 0 Å². The van der Waals surface area contributed by atoms with Crippen molar-refractivity contribution in [2.24, 2.45) is 27.1 Å². The Morgan fingerprint density at radius 1 is 1.75 bits per heavy atom. The second-order valence-electron chi connectivity index (χ2n) is 2.13. The number of rotatable bonds is 3. The van der Waals surface area contributed by atoms with Crippen molar-refractivity contribution in [2.45, 2.75) is 13.0 Å². The highest BCUT2D eigenvalue weighted by Gasteiger charge is 2.10. The van der Waals surface area contributed by atoms with Gasteiger partial charge in [0.05, 0.1) is 12.6 Å². The van der Waals surface area contributed by atoms with E-state index < -0.39 is 6.03 Å². The van der Waals surface area contributed by atoms with Crippen LogP contribution in [0.5, 0.6) is 0 Å². The summed E-state index contributed by atoms with van der Waals surface area (Å²) in [5.41, 5.74) is 6.36. The monoisotopic (exact) mass is 173 g/mol. The first-order valence-electron chi connectivity index (χ1n) is 3.15. The highest BCUT2D eigenvalue weighted by atomic mass is 16.2. The maximum absolute atomic E-state index is 10.6. The third-order valence-electron chi connectivity index (χ3n) is 1.07. The molecular weight excluding hydrogens is 162 g/mol. The van der Waals surface area contributed by atoms with E-state index in [1.165, 1.54) is 0 Å². The fraction of sp³-hybridized carbons (Fsp3) is 0.750. The molecule has 0 rings (SSSR count). The molecule has 0 radical (unpaired) electrons. The summed E-state index contributed by atoms with van der Waals surface area (Å²) in [7, 11) is 0. The molecule has 0 aromatic rings. The second kappa shape index (κ2) is 5.13. The topological polar surface area (TPSA) is 133 Å². The molecule has 0 saturated heterocycles. The summed E-state index contributed by atoms with van der Waals surface area (Å²) < 4.78 is 0. The third-order valence-corrected chi connectivity index (χ3v) is 1.07. The minimum Gasteiger partial charge on any atom is -0.305 e. The Morgan fingerprint density at radius 2 is 2.33 bits per heavy atom. The van der Waals surface area contributed by atoms with Crippen LogP contribution in [0.25, 0.3) is 0 Å². The number of urea groups is 1. The molecule has 8 nitrogen and oxygen atoms in total. The van der Waals surface area contributed by atoms with E-state index in [-0.39, 0.29) is 12.6 Å². The van der Waals surface area contributed by atoms with E-state index in [1.54, 1.807) is 6.92 Å². The van der Waals surface area contributed by atoms with E-state index in [9.17, 15) is 4.79 Å². The standard InChI is InChI=1S/C4H11N7O/c1-3(9-10-6)2-11(7)4(12)8-5/h3,5H,2,7H2,1H3,(H2,6,9). The zero-order valence-electron chi connectivity index (χ0n) is 6.64. The van der Waals surface area contributed by atoms with Crippen LogP contribution in [-0.2, 0) is 0 Å². The molecule has 8 heteroatoms. The molecule has 0 spiro atoms. The minimum absolute atomic E-state index is 0.127. The van der Waals surface area contributed by atoms with Gasteiger partial charge in [-0.3, -0.25) is 5.01 Å². The van der Waals surface area contributed by atoms with Gasteiger partial charge in [-0.1, -0.05) is 10.3 Å². The molecule has 68 valence electrons. The molecular formula is C4H11N7O. The maximum Gasteiger partial charge on any atom is 0.375 e. The highest BCUT2D eigenvalue weighted by Crippen LogP contribution is 1.93. The molecule has 0 heterocycles. The molecule has 12 heavy (non-hydrogen) atoms. The number of carbonyl (C=O) groups is 1. The molecule has 0 aliphatic heterocycles. The summed E-state index contributed by atoms with van der Waals surface area (Å²) in [5, 5.41) is 9.92. The number of hydrogen-bond acceptors (Lipinski definition) is 5. The summed E-state index contributed by atoms with van der Waals surface area (Å²) in [6.45, 7) is 1.80. The van der Waals surface area contributed by atoms with Gasteiger partial charge in [0.15, 0.2) is 0 Å². The Morgan fingerprint density at radius 3 is 2.75 bits per heavy atom. The average molecular weight is 173 g/mol. The largest absolute Gasteiger partial charge is 0.375 e. The molecule has 0 fully saturated rings. The van der Waals surface area contributed by atoms with Crippen LogP contribution in [0.15, 0.2) is 15.5 Å². The average Bonchev–Trinajstić information content (AvgIpc) is 2.03. The summed E-state index contributed by atoms with van der Waals surface area (Å²) in [6, 6.07) is -1.13. The molecule has 5 N–H and O–H groups in total. The van der Waals surface area contributed by atoms with E-state index in [0.29, 0.717) is 0 Å². The minimum atomic E-state index is -0.825. The molecule has 2 amide bonds. The van der Waals surface area contributed by atoms with Gasteiger partial charge in [0.25, 0.3) is 0 Å². The van der Waals surface area contributed by atoms with Crippen molar-refractivity contribution < 1.29 is 4.79 Å². The van der Waals surface area contributed by atoms with Crippen molar-refractivity contribution >= 4 is 6.03 Å². The molecule has 1 unspecified atom stereocenters. The molecule has 0 bridgehead atoms. The fourth-order valence-electron chi connectivity index (χ4n) is 0.577. The summed E-state index contributed by atoms with van der Waals surface area (Å²) in [6.07, 6.45) is 0. The third kappa shape index (κ3) is 3.56. The number of nitrogens with one attached hydrogen (secondary N) is 1. The molecule has 0 aliphatic carbocycles. The smallest absolute Gasteiger partial charge is 0.305 e. The molecule has 1 atom stereocenters. The first-order valence-corrected chi connectivity index (χ1v) is 3.15. The van der Waals surface area contributed by atoms with Crippen molar-refractivity contribution in [1.82, 2.24) is 5.01 Å². The SMILES string of the molecule is CC(CN(N)C(=O)N=N)N=NN. The van der Waals surface area contributed by atoms with E-state index in [1.807, 2.05) is 0 Å². The molecule has 0 aliphatic rings. The maximum atomic E-state index is 10.6. The van der Waals surface area contributed by atoms with Crippen LogP contribution in [0.1, 0.15) is 6.92 Å². The van der Waals surface area contributed by atoms with Gasteiger partial charge >= 0.3 is 6.03 Å². The van der Waals surface area contributed by atoms with E-state index in [2.05, 4.69) is 15.5 Å². The van der Waals surface area contributed by atoms with Gasteiger partial charge < -0.3 is 5.84 Å². The van der Waals surface area contributed by atoms with Crippen LogP contribution in [-0.4, -0.2) is 23.6 Å². The quantitative estimate of drug-likeness (QED) is 0.240. The lowest BCUT2D eigenvalue weighted by molar-refractivity contribution is 0.203. The van der Waals surface area contributed by atoms with Crippen LogP contribution in [0.4, 0.5) is 4.79 Å². The van der Waals surface area contributed by atoms with Crippen molar-refractivity contribution in [3.63, 3.8) is 0 Å². The van der Waals surface area contributed by atoms with E-state index in [0.717, 1.165) is 5.01 Å². The lowest BCUT2D eigenvalue weighted by Gasteiger charge is -2.13. The van der Waals surface area contributed by atoms with Crippen LogP contribution in [0, 0.1) is 5.53 Å². The number of nitrogens with zero attached hydrogens (tertiary/aromatic N) is 4. The molecule has 0 aromatic heterocycles. The number of nitrogens with two attached hydrogens (primary N) is 2. The Bertz CT molecular complexity index is 190. The van der Waals surface area contributed by atoms with Crippen molar-refractivity contribution in [2.75, 3.05) is 6.54 Å². The van der Waals surface area contributed by atoms with E-state index in [4.69, 9.17) is 17.2 Å². The Balaban J connectivity index is 3.90. The lowest BCUT2D eigenvalue weighted by Crippen LogP contribution is -2.39. The Kier molecular flexibility index (Phi) is 4.46. The summed E-state index contributed by atoms with van der Waals surface area (Å²) in [5.74, 6) is 9.95. The first kappa shape index (κ1) is 10.4. The number of hydrazine groups is 1. The van der Waals surface area contributed by atoms with Crippen LogP contribution in [0.2, 0.25) is 0 Å². The zero-order chi connectivity index (χ0) is 9.56. The van der Waals surface area contributed by atoms with Crippen molar-refractivity contribution in [3.8, 4) is 0 Å². The normalized spacial score (nSPS) is 12.8. The van der Waals surface area contributed by atoms with Gasteiger partial charge in [-0.25, -0.2) is 10.6 Å². The Labute approximate surface area is 69.1 Å². The van der Waals surface area contributed by atoms with Gasteiger partial charge in [0.1, 0.15) is 0 Å². The summed E-state index contributed by atoms with van der Waals surface area (Å²) in [4.78, 5) is 10.6. The van der Waals surface area contributed by atoms with Crippen LogP contribution in [0.3, 0.4) is 0 Å². The lowest BCUT2D eigenvalue weighted by atomic mass is 10.3. The zero-order valence-corrected chi connectivity index (χ0v) is 6.64. The summed E-state index contributed by atoms with van der Waals surface area (Å²) >= 11 is 0. The number of carbonyl (C=O) groups excluding carboxylic acids is 1. The second-order valence-corrected chi connectivity index (χ2v) is 2.13.